The Labute approximate surface area is 257 Å². The summed E-state index contributed by atoms with van der Waals surface area (Å²) in [6, 6.07) is 24.6. The van der Waals surface area contributed by atoms with Gasteiger partial charge in [0.1, 0.15) is 23.9 Å². The summed E-state index contributed by atoms with van der Waals surface area (Å²) in [5.74, 6) is 3.27. The quantitative estimate of drug-likeness (QED) is 0.173. The van der Waals surface area contributed by atoms with E-state index < -0.39 is 0 Å². The van der Waals surface area contributed by atoms with Crippen molar-refractivity contribution in [2.24, 2.45) is 0 Å². The van der Waals surface area contributed by atoms with Crippen LogP contribution in [0.4, 0.5) is 0 Å². The van der Waals surface area contributed by atoms with Crippen LogP contribution < -0.4 is 14.2 Å². The van der Waals surface area contributed by atoms with Gasteiger partial charge in [0.15, 0.2) is 0 Å². The van der Waals surface area contributed by atoms with E-state index in [4.69, 9.17) is 30.9 Å². The average Bonchev–Trinajstić information content (AvgIpc) is 3.42. The molecule has 0 unspecified atom stereocenters. The smallest absolute Gasteiger partial charge is 0.119 e. The van der Waals surface area contributed by atoms with Gasteiger partial charge in [-0.05, 0) is 105 Å². The normalized spacial score (nSPS) is 13.0. The first-order valence-corrected chi connectivity index (χ1v) is 15.1. The molecule has 2 heterocycles. The van der Waals surface area contributed by atoms with Gasteiger partial charge in [0.05, 0.1) is 31.3 Å². The highest BCUT2D eigenvalue weighted by Crippen LogP contribution is 2.36. The van der Waals surface area contributed by atoms with Gasteiger partial charge in [-0.2, -0.15) is 5.10 Å². The first kappa shape index (κ1) is 33.0. The Bertz CT molecular complexity index is 1330. The van der Waals surface area contributed by atoms with Crippen LogP contribution in [0, 0.1) is 0 Å². The molecule has 1 fully saturated rings. The fourth-order valence-electron chi connectivity index (χ4n) is 5.16. The SMILES string of the molecule is C.CCCl.CCc1c(-c2ccc(OC)cc2)nn(-c2ccc(OCCN3CCCCC3)cc2)c1-c1ccc(OC)cc1. The largest absolute Gasteiger partial charge is 0.497 e. The summed E-state index contributed by atoms with van der Waals surface area (Å²) in [5, 5.41) is 5.15. The van der Waals surface area contributed by atoms with E-state index in [-0.39, 0.29) is 7.43 Å². The van der Waals surface area contributed by atoms with Crippen LogP contribution in [0.5, 0.6) is 17.2 Å². The van der Waals surface area contributed by atoms with Gasteiger partial charge in [0.25, 0.3) is 0 Å². The van der Waals surface area contributed by atoms with Crippen LogP contribution in [0.1, 0.15) is 46.1 Å². The molecule has 0 amide bonds. The molecule has 0 atom stereocenters. The molecule has 0 radical (unpaired) electrons. The average molecular weight is 592 g/mol. The second-order valence-electron chi connectivity index (χ2n) is 9.91. The number of hydrogen-bond donors (Lipinski definition) is 0. The van der Waals surface area contributed by atoms with E-state index in [0.29, 0.717) is 6.61 Å². The number of alkyl halides is 1. The lowest BCUT2D eigenvalue weighted by molar-refractivity contribution is 0.183. The van der Waals surface area contributed by atoms with Gasteiger partial charge in [0, 0.05) is 29.1 Å². The molecule has 226 valence electrons. The van der Waals surface area contributed by atoms with Gasteiger partial charge < -0.3 is 14.2 Å². The van der Waals surface area contributed by atoms with Gasteiger partial charge in [-0.3, -0.25) is 4.90 Å². The highest BCUT2D eigenvalue weighted by atomic mass is 35.5. The lowest BCUT2D eigenvalue weighted by atomic mass is 9.99. The third-order valence-electron chi connectivity index (χ3n) is 7.27. The summed E-state index contributed by atoms with van der Waals surface area (Å²) in [6.45, 7) is 8.13. The zero-order valence-electron chi connectivity index (χ0n) is 24.7. The van der Waals surface area contributed by atoms with Gasteiger partial charge in [0.2, 0.25) is 0 Å². The van der Waals surface area contributed by atoms with Crippen molar-refractivity contribution >= 4 is 11.6 Å². The first-order valence-electron chi connectivity index (χ1n) is 14.5. The number of ether oxygens (including phenoxy) is 3. The van der Waals surface area contributed by atoms with Crippen LogP contribution in [-0.4, -0.2) is 61.0 Å². The number of rotatable bonds is 10. The molecule has 6 nitrogen and oxygen atoms in total. The molecular weight excluding hydrogens is 546 g/mol. The molecule has 0 saturated carbocycles. The van der Waals surface area contributed by atoms with E-state index in [0.717, 1.165) is 64.3 Å². The predicted molar refractivity (Wildman–Crippen MR) is 176 cm³/mol. The summed E-state index contributed by atoms with van der Waals surface area (Å²) < 4.78 is 18.9. The first-order chi connectivity index (χ1) is 20.1. The summed E-state index contributed by atoms with van der Waals surface area (Å²) >= 11 is 5.00. The number of hydrogen-bond acceptors (Lipinski definition) is 5. The number of methoxy groups -OCH3 is 2. The van der Waals surface area contributed by atoms with Crippen LogP contribution in [-0.2, 0) is 6.42 Å². The van der Waals surface area contributed by atoms with Gasteiger partial charge in [-0.1, -0.05) is 27.7 Å². The molecule has 0 bridgehead atoms. The Hall–Kier alpha value is -3.48. The lowest BCUT2D eigenvalue weighted by Crippen LogP contribution is -2.33. The number of benzene rings is 3. The maximum Gasteiger partial charge on any atom is 0.119 e. The van der Waals surface area contributed by atoms with Crippen molar-refractivity contribution in [2.75, 3.05) is 46.3 Å². The second kappa shape index (κ2) is 16.8. The maximum absolute atomic E-state index is 6.08. The standard InChI is InChI=1S/C32H37N3O3.C2H5Cl.CH4/c1-4-30-31(24-8-14-27(36-2)15-9-24)33-35(32(30)25-10-16-28(37-3)17-11-25)26-12-18-29(19-13-26)38-23-22-34-20-6-5-7-21-34;1-2-3;/h8-19H,4-7,20-23H2,1-3H3;2H2,1H3;1H4. The summed E-state index contributed by atoms with van der Waals surface area (Å²) in [7, 11) is 3.37. The van der Waals surface area contributed by atoms with Crippen molar-refractivity contribution < 1.29 is 14.2 Å². The number of likely N-dealkylation sites (tertiary alicyclic amines) is 1. The molecule has 0 spiro atoms. The molecular formula is C35H46ClN3O3. The monoisotopic (exact) mass is 591 g/mol. The topological polar surface area (TPSA) is 48.8 Å². The summed E-state index contributed by atoms with van der Waals surface area (Å²) in [6.07, 6.45) is 4.80. The molecule has 0 aliphatic carbocycles. The molecule has 42 heavy (non-hydrogen) atoms. The molecule has 3 aromatic carbocycles. The van der Waals surface area contributed by atoms with Gasteiger partial charge in [-0.25, -0.2) is 4.68 Å². The molecule has 1 aliphatic rings. The number of aromatic nitrogens is 2. The van der Waals surface area contributed by atoms with E-state index in [1.807, 2.05) is 43.3 Å². The van der Waals surface area contributed by atoms with Crippen LogP contribution in [0.3, 0.4) is 0 Å². The second-order valence-corrected chi connectivity index (χ2v) is 10.4. The predicted octanol–water partition coefficient (Wildman–Crippen LogP) is 8.53. The fourth-order valence-corrected chi connectivity index (χ4v) is 5.16. The van der Waals surface area contributed by atoms with Crippen molar-refractivity contribution in [3.63, 3.8) is 0 Å². The number of halogens is 1. The molecule has 4 aromatic rings. The number of nitrogens with zero attached hydrogens (tertiary/aromatic N) is 3. The highest BCUT2D eigenvalue weighted by molar-refractivity contribution is 6.17. The van der Waals surface area contributed by atoms with Crippen molar-refractivity contribution in [1.82, 2.24) is 14.7 Å². The number of piperidine rings is 1. The minimum absolute atomic E-state index is 0. The van der Waals surface area contributed by atoms with E-state index >= 15 is 0 Å². The minimum atomic E-state index is 0. The van der Waals surface area contributed by atoms with Crippen molar-refractivity contribution in [2.45, 2.75) is 47.0 Å². The van der Waals surface area contributed by atoms with E-state index in [2.05, 4.69) is 52.9 Å². The summed E-state index contributed by atoms with van der Waals surface area (Å²) in [4.78, 5) is 2.50. The molecule has 1 saturated heterocycles. The molecule has 1 aromatic heterocycles. The Morgan fingerprint density at radius 2 is 1.26 bits per heavy atom. The van der Waals surface area contributed by atoms with Crippen LogP contribution in [0.2, 0.25) is 0 Å². The van der Waals surface area contributed by atoms with Crippen LogP contribution >= 0.6 is 11.6 Å². The lowest BCUT2D eigenvalue weighted by Gasteiger charge is -2.26. The maximum atomic E-state index is 6.08. The van der Waals surface area contributed by atoms with Crippen molar-refractivity contribution in [3.05, 3.63) is 78.4 Å². The van der Waals surface area contributed by atoms with Crippen molar-refractivity contribution in [1.29, 1.82) is 0 Å². The molecule has 1 aliphatic heterocycles. The minimum Gasteiger partial charge on any atom is -0.497 e. The Morgan fingerprint density at radius 3 is 1.79 bits per heavy atom. The third kappa shape index (κ3) is 8.30. The zero-order chi connectivity index (χ0) is 29.0. The van der Waals surface area contributed by atoms with Crippen LogP contribution in [0.15, 0.2) is 72.8 Å². The summed E-state index contributed by atoms with van der Waals surface area (Å²) in [5.41, 5.74) is 6.41. The van der Waals surface area contributed by atoms with Gasteiger partial charge >= 0.3 is 0 Å². The third-order valence-corrected chi connectivity index (χ3v) is 7.27. The van der Waals surface area contributed by atoms with E-state index in [1.165, 1.54) is 37.9 Å². The Balaban J connectivity index is 0.00000116. The van der Waals surface area contributed by atoms with E-state index in [9.17, 15) is 0 Å². The fraction of sp³-hybridized carbons (Fsp3) is 0.400. The van der Waals surface area contributed by atoms with E-state index in [1.54, 1.807) is 14.2 Å². The Kier molecular flexibility index (Phi) is 13.2. The highest BCUT2D eigenvalue weighted by Gasteiger charge is 2.21. The van der Waals surface area contributed by atoms with Crippen molar-refractivity contribution in [3.8, 4) is 45.5 Å². The Morgan fingerprint density at radius 1 is 0.738 bits per heavy atom. The molecule has 7 heteroatoms. The van der Waals surface area contributed by atoms with Crippen LogP contribution in [0.25, 0.3) is 28.2 Å². The molecule has 5 rings (SSSR count). The van der Waals surface area contributed by atoms with Gasteiger partial charge in [-0.15, -0.1) is 11.6 Å². The molecule has 0 N–H and O–H groups in total. The zero-order valence-corrected chi connectivity index (χ0v) is 25.5.